The van der Waals surface area contributed by atoms with Crippen LogP contribution < -0.4 is 14.8 Å². The van der Waals surface area contributed by atoms with Crippen molar-refractivity contribution >= 4 is 17.6 Å². The molecule has 0 saturated heterocycles. The van der Waals surface area contributed by atoms with Crippen LogP contribution in [-0.4, -0.2) is 17.5 Å². The van der Waals surface area contributed by atoms with Gasteiger partial charge in [-0.15, -0.1) is 0 Å². The minimum Gasteiger partial charge on any atom is -0.476 e. The lowest BCUT2D eigenvalue weighted by molar-refractivity contribution is -0.141. The fraction of sp³-hybridized carbons (Fsp3) is 0.385. The molecule has 0 spiro atoms. The summed E-state index contributed by atoms with van der Waals surface area (Å²) in [6, 6.07) is 1.63. The first kappa shape index (κ1) is 15.1. The van der Waals surface area contributed by atoms with Gasteiger partial charge in [0.15, 0.2) is 5.60 Å². The normalized spacial score (nSPS) is 16.6. The molecule has 1 heterocycles. The van der Waals surface area contributed by atoms with Gasteiger partial charge in [-0.2, -0.15) is 13.2 Å². The standard InChI is InChI=1S/C13H12F3NO4/c1-6(18)20-9-5-8-10(4-7(9)13(14,15)16)21-12(2,3)11(19)17-8/h4-5H,1-3H3,(H,17,19). The minimum absolute atomic E-state index is 0.0172. The smallest absolute Gasteiger partial charge is 0.420 e. The third-order valence-corrected chi connectivity index (χ3v) is 2.80. The molecule has 0 fully saturated rings. The molecule has 5 nitrogen and oxygen atoms in total. The summed E-state index contributed by atoms with van der Waals surface area (Å²) in [6.45, 7) is 3.84. The Labute approximate surface area is 118 Å². The maximum Gasteiger partial charge on any atom is 0.420 e. The Morgan fingerprint density at radius 2 is 1.95 bits per heavy atom. The summed E-state index contributed by atoms with van der Waals surface area (Å²) in [6.07, 6.45) is -4.73. The van der Waals surface area contributed by atoms with Crippen molar-refractivity contribution in [2.75, 3.05) is 5.32 Å². The Bertz CT molecular complexity index is 623. The second-order valence-electron chi connectivity index (χ2n) is 5.00. The number of alkyl halides is 3. The monoisotopic (exact) mass is 303 g/mol. The second-order valence-corrected chi connectivity index (χ2v) is 5.00. The number of esters is 1. The Kier molecular flexibility index (Phi) is 3.35. The van der Waals surface area contributed by atoms with Crippen LogP contribution in [0.15, 0.2) is 12.1 Å². The molecule has 8 heteroatoms. The Balaban J connectivity index is 2.57. The topological polar surface area (TPSA) is 64.6 Å². The van der Waals surface area contributed by atoms with Gasteiger partial charge in [0.2, 0.25) is 0 Å². The summed E-state index contributed by atoms with van der Waals surface area (Å²) in [5, 5.41) is 2.42. The third-order valence-electron chi connectivity index (χ3n) is 2.80. The van der Waals surface area contributed by atoms with Crippen molar-refractivity contribution in [3.05, 3.63) is 17.7 Å². The van der Waals surface area contributed by atoms with Crippen LogP contribution in [0, 0.1) is 0 Å². The van der Waals surface area contributed by atoms with Gasteiger partial charge < -0.3 is 14.8 Å². The maximum atomic E-state index is 13.0. The SMILES string of the molecule is CC(=O)Oc1cc2c(cc1C(F)(F)F)OC(C)(C)C(=O)N2. The summed E-state index contributed by atoms with van der Waals surface area (Å²) >= 11 is 0. The van der Waals surface area contributed by atoms with E-state index in [1.54, 1.807) is 0 Å². The number of amides is 1. The molecule has 21 heavy (non-hydrogen) atoms. The van der Waals surface area contributed by atoms with Crippen molar-refractivity contribution in [2.24, 2.45) is 0 Å². The maximum absolute atomic E-state index is 13.0. The number of nitrogens with one attached hydrogen (secondary N) is 1. The van der Waals surface area contributed by atoms with Gasteiger partial charge in [0.1, 0.15) is 17.1 Å². The van der Waals surface area contributed by atoms with E-state index >= 15 is 0 Å². The van der Waals surface area contributed by atoms with Crippen LogP contribution in [0.4, 0.5) is 18.9 Å². The highest BCUT2D eigenvalue weighted by molar-refractivity contribution is 6.00. The number of hydrogen-bond acceptors (Lipinski definition) is 4. The number of anilines is 1. The average Bonchev–Trinajstić information content (AvgIpc) is 2.28. The molecule has 0 bridgehead atoms. The quantitative estimate of drug-likeness (QED) is 0.640. The third kappa shape index (κ3) is 2.93. The number of hydrogen-bond donors (Lipinski definition) is 1. The molecule has 1 N–H and O–H groups in total. The van der Waals surface area contributed by atoms with Gasteiger partial charge in [-0.1, -0.05) is 0 Å². The lowest BCUT2D eigenvalue weighted by Crippen LogP contribution is -2.45. The van der Waals surface area contributed by atoms with E-state index in [1.807, 2.05) is 0 Å². The lowest BCUT2D eigenvalue weighted by atomic mass is 10.0. The van der Waals surface area contributed by atoms with E-state index in [1.165, 1.54) is 13.8 Å². The van der Waals surface area contributed by atoms with E-state index in [9.17, 15) is 22.8 Å². The molecule has 1 aromatic carbocycles. The highest BCUT2D eigenvalue weighted by atomic mass is 19.4. The molecule has 0 aliphatic carbocycles. The van der Waals surface area contributed by atoms with Crippen LogP contribution in [-0.2, 0) is 15.8 Å². The highest BCUT2D eigenvalue weighted by Crippen LogP contribution is 2.44. The van der Waals surface area contributed by atoms with Crippen LogP contribution in [0.5, 0.6) is 11.5 Å². The molecule has 2 rings (SSSR count). The summed E-state index contributed by atoms with van der Waals surface area (Å²) in [5.41, 5.74) is -2.43. The molecule has 0 atom stereocenters. The van der Waals surface area contributed by atoms with E-state index in [4.69, 9.17) is 4.74 Å². The first-order chi connectivity index (χ1) is 9.50. The summed E-state index contributed by atoms with van der Waals surface area (Å²) in [7, 11) is 0. The van der Waals surface area contributed by atoms with Crippen LogP contribution in [0.2, 0.25) is 0 Å². The first-order valence-electron chi connectivity index (χ1n) is 5.95. The number of rotatable bonds is 1. The van der Waals surface area contributed by atoms with Gasteiger partial charge in [0.05, 0.1) is 5.69 Å². The van der Waals surface area contributed by atoms with Crippen molar-refractivity contribution in [2.45, 2.75) is 32.5 Å². The van der Waals surface area contributed by atoms with Gasteiger partial charge in [-0.05, 0) is 19.9 Å². The average molecular weight is 303 g/mol. The highest BCUT2D eigenvalue weighted by Gasteiger charge is 2.40. The molecular formula is C13H12F3NO4. The summed E-state index contributed by atoms with van der Waals surface area (Å²) < 4.78 is 48.8. The zero-order valence-corrected chi connectivity index (χ0v) is 11.4. The van der Waals surface area contributed by atoms with Gasteiger partial charge in [0, 0.05) is 13.0 Å². The van der Waals surface area contributed by atoms with Crippen LogP contribution in [0.25, 0.3) is 0 Å². The van der Waals surface area contributed by atoms with Crippen molar-refractivity contribution in [3.8, 4) is 11.5 Å². The molecule has 0 unspecified atom stereocenters. The number of fused-ring (bicyclic) bond motifs is 1. The van der Waals surface area contributed by atoms with Crippen molar-refractivity contribution in [1.29, 1.82) is 0 Å². The van der Waals surface area contributed by atoms with Crippen LogP contribution in [0.1, 0.15) is 26.3 Å². The predicted molar refractivity (Wildman–Crippen MR) is 66.1 cm³/mol. The molecule has 1 amide bonds. The number of carbonyl (C=O) groups excluding carboxylic acids is 2. The molecule has 0 aromatic heterocycles. The number of halogens is 3. The second kappa shape index (κ2) is 4.64. The largest absolute Gasteiger partial charge is 0.476 e. The molecule has 114 valence electrons. The Hall–Kier alpha value is -2.25. The molecule has 0 saturated carbocycles. The van der Waals surface area contributed by atoms with E-state index in [0.29, 0.717) is 6.07 Å². The van der Waals surface area contributed by atoms with Crippen LogP contribution in [0.3, 0.4) is 0 Å². The first-order valence-corrected chi connectivity index (χ1v) is 5.95. The van der Waals surface area contributed by atoms with E-state index in [-0.39, 0.29) is 11.4 Å². The van der Waals surface area contributed by atoms with Crippen molar-refractivity contribution < 1.29 is 32.2 Å². The number of carbonyl (C=O) groups is 2. The van der Waals surface area contributed by atoms with E-state index in [0.717, 1.165) is 13.0 Å². The molecule has 1 aliphatic rings. The van der Waals surface area contributed by atoms with Crippen molar-refractivity contribution in [1.82, 2.24) is 0 Å². The number of ether oxygens (including phenoxy) is 2. The molecule has 0 radical (unpaired) electrons. The van der Waals surface area contributed by atoms with E-state index in [2.05, 4.69) is 10.1 Å². The van der Waals surface area contributed by atoms with Gasteiger partial charge in [-0.25, -0.2) is 0 Å². The minimum atomic E-state index is -4.73. The fourth-order valence-electron chi connectivity index (χ4n) is 1.80. The predicted octanol–water partition coefficient (Wildman–Crippen LogP) is 2.74. The van der Waals surface area contributed by atoms with Gasteiger partial charge >= 0.3 is 12.1 Å². The van der Waals surface area contributed by atoms with Crippen LogP contribution >= 0.6 is 0 Å². The summed E-state index contributed by atoms with van der Waals surface area (Å²) in [4.78, 5) is 22.6. The number of benzene rings is 1. The van der Waals surface area contributed by atoms with E-state index < -0.39 is 35.0 Å². The molecule has 1 aromatic rings. The zero-order chi connectivity index (χ0) is 16.0. The zero-order valence-electron chi connectivity index (χ0n) is 11.4. The Morgan fingerprint density at radius 3 is 2.48 bits per heavy atom. The molecular weight excluding hydrogens is 291 g/mol. The Morgan fingerprint density at radius 1 is 1.33 bits per heavy atom. The lowest BCUT2D eigenvalue weighted by Gasteiger charge is -2.32. The van der Waals surface area contributed by atoms with Crippen molar-refractivity contribution in [3.63, 3.8) is 0 Å². The fourth-order valence-corrected chi connectivity index (χ4v) is 1.80. The summed E-state index contributed by atoms with van der Waals surface area (Å²) in [5.74, 6) is -2.23. The molecule has 1 aliphatic heterocycles. The van der Waals surface area contributed by atoms with Gasteiger partial charge in [-0.3, -0.25) is 9.59 Å². The van der Waals surface area contributed by atoms with Gasteiger partial charge in [0.25, 0.3) is 5.91 Å².